The van der Waals surface area contributed by atoms with Gasteiger partial charge in [-0.15, -0.1) is 0 Å². The second-order valence-corrected chi connectivity index (χ2v) is 7.14. The molecular formula is C17H17ClN2O3. The number of nitrogens with zero attached hydrogens (tertiary/aromatic N) is 1. The molecule has 3 amide bonds. The topological polar surface area (TPSA) is 66.5 Å². The van der Waals surface area contributed by atoms with Crippen LogP contribution >= 0.6 is 11.6 Å². The second kappa shape index (κ2) is 5.34. The minimum absolute atomic E-state index is 0.159. The number of rotatable bonds is 3. The molecule has 0 spiro atoms. The molecule has 1 saturated heterocycles. The fraction of sp³-hybridized carbons (Fsp3) is 0.471. The number of benzene rings is 1. The molecule has 1 heterocycles. The number of imide groups is 1. The molecule has 1 N–H and O–H groups in total. The van der Waals surface area contributed by atoms with E-state index in [2.05, 4.69) is 5.32 Å². The van der Waals surface area contributed by atoms with Crippen molar-refractivity contribution in [1.29, 1.82) is 0 Å². The van der Waals surface area contributed by atoms with Crippen molar-refractivity contribution in [2.24, 2.45) is 23.7 Å². The Morgan fingerprint density at radius 1 is 1.17 bits per heavy atom. The van der Waals surface area contributed by atoms with E-state index in [-0.39, 0.29) is 36.1 Å². The van der Waals surface area contributed by atoms with Crippen molar-refractivity contribution in [3.05, 3.63) is 29.3 Å². The van der Waals surface area contributed by atoms with Gasteiger partial charge >= 0.3 is 0 Å². The minimum Gasteiger partial charge on any atom is -0.324 e. The normalized spacial score (nSPS) is 31.6. The van der Waals surface area contributed by atoms with Crippen LogP contribution in [-0.2, 0) is 14.4 Å². The number of anilines is 1. The van der Waals surface area contributed by atoms with Crippen LogP contribution in [-0.4, -0.2) is 29.2 Å². The lowest BCUT2D eigenvalue weighted by Gasteiger charge is -2.19. The second-order valence-electron chi connectivity index (χ2n) is 6.71. The number of fused-ring (bicyclic) bond motifs is 5. The van der Waals surface area contributed by atoms with Crippen LogP contribution in [0.3, 0.4) is 0 Å². The van der Waals surface area contributed by atoms with Crippen LogP contribution in [0.2, 0.25) is 5.02 Å². The highest BCUT2D eigenvalue weighted by molar-refractivity contribution is 6.30. The van der Waals surface area contributed by atoms with E-state index in [0.717, 1.165) is 24.2 Å². The van der Waals surface area contributed by atoms with Gasteiger partial charge in [-0.3, -0.25) is 19.3 Å². The molecule has 3 fully saturated rings. The Hall–Kier alpha value is -1.88. The van der Waals surface area contributed by atoms with Gasteiger partial charge in [0, 0.05) is 10.7 Å². The predicted molar refractivity (Wildman–Crippen MR) is 84.6 cm³/mol. The van der Waals surface area contributed by atoms with E-state index in [9.17, 15) is 14.4 Å². The van der Waals surface area contributed by atoms with Gasteiger partial charge in [-0.2, -0.15) is 0 Å². The lowest BCUT2D eigenvalue weighted by molar-refractivity contribution is -0.143. The zero-order valence-corrected chi connectivity index (χ0v) is 13.3. The molecule has 2 saturated carbocycles. The summed E-state index contributed by atoms with van der Waals surface area (Å²) >= 11 is 5.88. The Morgan fingerprint density at radius 2 is 1.83 bits per heavy atom. The largest absolute Gasteiger partial charge is 0.324 e. The van der Waals surface area contributed by atoms with E-state index in [4.69, 9.17) is 11.6 Å². The summed E-state index contributed by atoms with van der Waals surface area (Å²) in [7, 11) is 0. The van der Waals surface area contributed by atoms with Gasteiger partial charge < -0.3 is 5.32 Å². The molecule has 1 aromatic rings. The maximum Gasteiger partial charge on any atom is 0.244 e. The molecule has 6 heteroatoms. The molecule has 0 radical (unpaired) electrons. The van der Waals surface area contributed by atoms with E-state index >= 15 is 0 Å². The van der Waals surface area contributed by atoms with Crippen molar-refractivity contribution in [3.8, 4) is 0 Å². The first kappa shape index (κ1) is 14.7. The van der Waals surface area contributed by atoms with Crippen molar-refractivity contribution in [1.82, 2.24) is 4.90 Å². The van der Waals surface area contributed by atoms with Crippen molar-refractivity contribution < 1.29 is 14.4 Å². The van der Waals surface area contributed by atoms with E-state index in [1.54, 1.807) is 24.3 Å². The molecule has 2 bridgehead atoms. The number of nitrogens with one attached hydrogen (secondary N) is 1. The number of halogens is 1. The fourth-order valence-corrected chi connectivity index (χ4v) is 4.73. The van der Waals surface area contributed by atoms with E-state index in [1.807, 2.05) is 0 Å². The molecular weight excluding hydrogens is 316 g/mol. The van der Waals surface area contributed by atoms with Gasteiger partial charge in [-0.05, 0) is 49.3 Å². The maximum atomic E-state index is 12.5. The van der Waals surface area contributed by atoms with E-state index in [0.29, 0.717) is 22.5 Å². The van der Waals surface area contributed by atoms with Gasteiger partial charge in [0.25, 0.3) is 0 Å². The number of carbonyl (C=O) groups is 3. The van der Waals surface area contributed by atoms with Crippen molar-refractivity contribution in [2.75, 3.05) is 11.9 Å². The third kappa shape index (κ3) is 2.34. The highest BCUT2D eigenvalue weighted by Crippen LogP contribution is 2.56. The number of carbonyl (C=O) groups excluding carboxylic acids is 3. The van der Waals surface area contributed by atoms with Crippen molar-refractivity contribution >= 4 is 35.0 Å². The van der Waals surface area contributed by atoms with E-state index < -0.39 is 0 Å². The van der Waals surface area contributed by atoms with Gasteiger partial charge in [-0.1, -0.05) is 17.7 Å². The lowest BCUT2D eigenvalue weighted by Crippen LogP contribution is -2.39. The molecule has 5 nitrogen and oxygen atoms in total. The first-order valence-corrected chi connectivity index (χ1v) is 8.33. The Kier molecular flexibility index (Phi) is 3.41. The molecule has 120 valence electrons. The Balaban J connectivity index is 1.46. The minimum atomic E-state index is -0.374. The first-order valence-electron chi connectivity index (χ1n) is 7.95. The molecule has 23 heavy (non-hydrogen) atoms. The fourth-order valence-electron chi connectivity index (χ4n) is 4.54. The Bertz CT molecular complexity index is 677. The van der Waals surface area contributed by atoms with Crippen LogP contribution in [0, 0.1) is 23.7 Å². The molecule has 2 aliphatic carbocycles. The molecule has 1 aromatic carbocycles. The third-order valence-corrected chi connectivity index (χ3v) is 5.66. The average molecular weight is 333 g/mol. The van der Waals surface area contributed by atoms with Crippen LogP contribution in [0.1, 0.15) is 19.3 Å². The zero-order chi connectivity index (χ0) is 16.1. The zero-order valence-electron chi connectivity index (χ0n) is 12.5. The van der Waals surface area contributed by atoms with Crippen LogP contribution in [0.4, 0.5) is 5.69 Å². The average Bonchev–Trinajstić information content (AvgIpc) is 3.17. The smallest absolute Gasteiger partial charge is 0.244 e. The lowest BCUT2D eigenvalue weighted by atomic mass is 9.81. The molecule has 3 aliphatic rings. The summed E-state index contributed by atoms with van der Waals surface area (Å²) in [6.07, 6.45) is 3.07. The molecule has 4 rings (SSSR count). The Labute approximate surface area is 139 Å². The predicted octanol–water partition coefficient (Wildman–Crippen LogP) is 2.31. The summed E-state index contributed by atoms with van der Waals surface area (Å²) in [4.78, 5) is 38.4. The summed E-state index contributed by atoms with van der Waals surface area (Å²) < 4.78 is 0. The first-order chi connectivity index (χ1) is 11.0. The third-order valence-electron chi connectivity index (χ3n) is 5.43. The molecule has 4 unspecified atom stereocenters. The Morgan fingerprint density at radius 3 is 2.43 bits per heavy atom. The summed E-state index contributed by atoms with van der Waals surface area (Å²) in [5, 5.41) is 3.20. The summed E-state index contributed by atoms with van der Waals surface area (Å²) in [6, 6.07) is 6.78. The van der Waals surface area contributed by atoms with Crippen LogP contribution < -0.4 is 5.32 Å². The van der Waals surface area contributed by atoms with Crippen LogP contribution in [0.15, 0.2) is 24.3 Å². The highest BCUT2D eigenvalue weighted by Gasteiger charge is 2.60. The highest BCUT2D eigenvalue weighted by atomic mass is 35.5. The van der Waals surface area contributed by atoms with Crippen LogP contribution in [0.5, 0.6) is 0 Å². The SMILES string of the molecule is O=C(CN1C(=O)C2C3CCC(C3)C2C1=O)Nc1cccc(Cl)c1. The quantitative estimate of drug-likeness (QED) is 0.864. The van der Waals surface area contributed by atoms with Crippen LogP contribution in [0.25, 0.3) is 0 Å². The number of hydrogen-bond acceptors (Lipinski definition) is 3. The number of amides is 3. The van der Waals surface area contributed by atoms with Gasteiger partial charge in [-0.25, -0.2) is 0 Å². The maximum absolute atomic E-state index is 12.5. The standard InChI is InChI=1S/C17H17ClN2O3/c18-11-2-1-3-12(7-11)19-13(21)8-20-16(22)14-9-4-5-10(6-9)15(14)17(20)23/h1-3,7,9-10,14-15H,4-6,8H2,(H,19,21). The monoisotopic (exact) mass is 332 g/mol. The summed E-state index contributed by atoms with van der Waals surface area (Å²) in [6.45, 7) is -0.212. The van der Waals surface area contributed by atoms with Gasteiger partial charge in [0.15, 0.2) is 0 Å². The molecule has 1 aliphatic heterocycles. The molecule has 4 atom stereocenters. The summed E-state index contributed by atoms with van der Waals surface area (Å²) in [5.74, 6) is -0.381. The molecule has 0 aromatic heterocycles. The van der Waals surface area contributed by atoms with Crippen molar-refractivity contribution in [2.45, 2.75) is 19.3 Å². The van der Waals surface area contributed by atoms with Crippen molar-refractivity contribution in [3.63, 3.8) is 0 Å². The van der Waals surface area contributed by atoms with Gasteiger partial charge in [0.05, 0.1) is 11.8 Å². The van der Waals surface area contributed by atoms with Gasteiger partial charge in [0.1, 0.15) is 6.54 Å². The van der Waals surface area contributed by atoms with E-state index in [1.165, 1.54) is 0 Å². The van der Waals surface area contributed by atoms with Gasteiger partial charge in [0.2, 0.25) is 17.7 Å². The number of likely N-dealkylation sites (tertiary alicyclic amines) is 1. The summed E-state index contributed by atoms with van der Waals surface area (Å²) in [5.41, 5.74) is 0.557. The number of hydrogen-bond donors (Lipinski definition) is 1.